The van der Waals surface area contributed by atoms with Gasteiger partial charge in [0, 0.05) is 22.5 Å². The second-order valence-corrected chi connectivity index (χ2v) is 16.8. The Morgan fingerprint density at radius 1 is 0.288 bits per heavy atom. The van der Waals surface area contributed by atoms with E-state index in [9.17, 15) is 0 Å². The summed E-state index contributed by atoms with van der Waals surface area (Å²) in [6.07, 6.45) is 0. The summed E-state index contributed by atoms with van der Waals surface area (Å²) in [6.45, 7) is 4.72. The van der Waals surface area contributed by atoms with Crippen molar-refractivity contribution < 1.29 is 0 Å². The molecule has 0 spiro atoms. The van der Waals surface area contributed by atoms with Crippen LogP contribution in [-0.4, -0.2) is 0 Å². The summed E-state index contributed by atoms with van der Waals surface area (Å²) in [7, 11) is 0. The zero-order valence-corrected chi connectivity index (χ0v) is 33.2. The summed E-state index contributed by atoms with van der Waals surface area (Å²) in [5.41, 5.74) is 16.0. The molecule has 0 bridgehead atoms. The molecule has 12 rings (SSSR count). The van der Waals surface area contributed by atoms with Crippen molar-refractivity contribution >= 4 is 49.4 Å². The second kappa shape index (κ2) is 12.6. The van der Waals surface area contributed by atoms with Crippen molar-refractivity contribution in [3.63, 3.8) is 0 Å². The van der Waals surface area contributed by atoms with Gasteiger partial charge in [0.1, 0.15) is 0 Å². The van der Waals surface area contributed by atoms with Crippen LogP contribution in [0.2, 0.25) is 0 Å². The lowest BCUT2D eigenvalue weighted by Crippen LogP contribution is -2.28. The Kier molecular flexibility index (Phi) is 7.26. The highest BCUT2D eigenvalue weighted by Crippen LogP contribution is 2.58. The molecule has 10 aromatic rings. The molecule has 1 nitrogen and oxygen atoms in total. The topological polar surface area (TPSA) is 3.24 Å². The molecule has 0 saturated heterocycles. The summed E-state index contributed by atoms with van der Waals surface area (Å²) >= 11 is 0. The van der Waals surface area contributed by atoms with Gasteiger partial charge in [-0.15, -0.1) is 0 Å². The summed E-state index contributed by atoms with van der Waals surface area (Å²) in [4.78, 5) is 2.49. The van der Waals surface area contributed by atoms with Crippen molar-refractivity contribution in [1.82, 2.24) is 0 Å². The van der Waals surface area contributed by atoms with Crippen molar-refractivity contribution in [1.29, 1.82) is 0 Å². The fourth-order valence-electron chi connectivity index (χ4n) is 10.9. The predicted molar refractivity (Wildman–Crippen MR) is 249 cm³/mol. The van der Waals surface area contributed by atoms with Gasteiger partial charge < -0.3 is 4.90 Å². The molecular weight excluding hydrogens is 711 g/mol. The van der Waals surface area contributed by atoms with Gasteiger partial charge in [-0.3, -0.25) is 0 Å². The Balaban J connectivity index is 1.14. The lowest BCUT2D eigenvalue weighted by atomic mass is 9.68. The molecule has 0 heterocycles. The van der Waals surface area contributed by atoms with E-state index in [4.69, 9.17) is 0 Å². The van der Waals surface area contributed by atoms with Crippen LogP contribution >= 0.6 is 0 Å². The maximum atomic E-state index is 2.49. The van der Waals surface area contributed by atoms with Crippen LogP contribution in [-0.2, 0) is 10.8 Å². The van der Waals surface area contributed by atoms with E-state index in [1.165, 1.54) is 88.0 Å². The molecule has 2 aliphatic carbocycles. The third-order valence-electron chi connectivity index (χ3n) is 13.5. The van der Waals surface area contributed by atoms with E-state index in [-0.39, 0.29) is 5.41 Å². The molecule has 0 N–H and O–H groups in total. The standard InChI is InChI=1S/C58H41N/c1-57(2)53-27-15-13-25-48(53)51-36-41(30-33-54(51)57)59(40-29-32-47-45-23-10-9-21-43(45)44-22-11-12-24-46(44)50(47)35-40)42-31-34-56-52(37-42)49-26-14-16-28-55(49)58(56,38-17-5-3-6-18-38)39-19-7-4-8-20-39/h3-37H,1-2H3. The number of benzene rings is 10. The van der Waals surface area contributed by atoms with Gasteiger partial charge in [-0.05, 0) is 124 Å². The molecule has 2 aliphatic rings. The highest BCUT2D eigenvalue weighted by Gasteiger charge is 2.46. The van der Waals surface area contributed by atoms with Crippen LogP contribution in [0.15, 0.2) is 212 Å². The van der Waals surface area contributed by atoms with Crippen LogP contribution in [0, 0.1) is 0 Å². The zero-order valence-electron chi connectivity index (χ0n) is 33.2. The normalized spacial score (nSPS) is 14.2. The minimum Gasteiger partial charge on any atom is -0.310 e. The fourth-order valence-corrected chi connectivity index (χ4v) is 10.9. The number of anilines is 3. The maximum Gasteiger partial charge on any atom is 0.0713 e. The van der Waals surface area contributed by atoms with Gasteiger partial charge in [-0.2, -0.15) is 0 Å². The molecule has 0 saturated carbocycles. The molecule has 0 fully saturated rings. The first-order chi connectivity index (χ1) is 29.0. The largest absolute Gasteiger partial charge is 0.310 e. The molecule has 0 unspecified atom stereocenters. The number of rotatable bonds is 5. The average molecular weight is 752 g/mol. The SMILES string of the molecule is CC1(C)c2ccccc2-c2cc(N(c3ccc4c(c3)-c3ccccc3C4(c3ccccc3)c3ccccc3)c3ccc4c5ccccc5c5ccccc5c4c3)ccc21. The fraction of sp³-hybridized carbons (Fsp3) is 0.0690. The molecule has 0 radical (unpaired) electrons. The summed E-state index contributed by atoms with van der Waals surface area (Å²) in [5.74, 6) is 0. The van der Waals surface area contributed by atoms with Crippen molar-refractivity contribution in [2.75, 3.05) is 4.90 Å². The van der Waals surface area contributed by atoms with E-state index in [0.717, 1.165) is 17.1 Å². The Morgan fingerprint density at radius 2 is 0.661 bits per heavy atom. The molecule has 0 amide bonds. The molecular formula is C58H41N. The molecule has 10 aromatic carbocycles. The van der Waals surface area contributed by atoms with E-state index < -0.39 is 5.41 Å². The van der Waals surface area contributed by atoms with E-state index in [2.05, 4.69) is 231 Å². The highest BCUT2D eigenvalue weighted by atomic mass is 15.1. The van der Waals surface area contributed by atoms with Gasteiger partial charge in [0.05, 0.1) is 5.41 Å². The van der Waals surface area contributed by atoms with Crippen molar-refractivity contribution in [3.8, 4) is 22.3 Å². The number of hydrogen-bond acceptors (Lipinski definition) is 1. The minimum atomic E-state index is -0.455. The monoisotopic (exact) mass is 751 g/mol. The summed E-state index contributed by atoms with van der Waals surface area (Å²) < 4.78 is 0. The predicted octanol–water partition coefficient (Wildman–Crippen LogP) is 15.3. The number of nitrogens with zero attached hydrogens (tertiary/aromatic N) is 1. The van der Waals surface area contributed by atoms with Crippen LogP contribution in [0.4, 0.5) is 17.1 Å². The van der Waals surface area contributed by atoms with Crippen molar-refractivity contribution in [3.05, 3.63) is 246 Å². The first-order valence-corrected chi connectivity index (χ1v) is 20.8. The summed E-state index contributed by atoms with van der Waals surface area (Å²) in [5, 5.41) is 7.65. The number of hydrogen-bond donors (Lipinski definition) is 0. The Hall–Kier alpha value is -7.22. The maximum absolute atomic E-state index is 2.49. The minimum absolute atomic E-state index is 0.0757. The quantitative estimate of drug-likeness (QED) is 0.158. The van der Waals surface area contributed by atoms with E-state index in [0.29, 0.717) is 0 Å². The molecule has 1 heteroatoms. The molecule has 0 aromatic heterocycles. The van der Waals surface area contributed by atoms with Gasteiger partial charge in [-0.1, -0.05) is 190 Å². The smallest absolute Gasteiger partial charge is 0.0713 e. The zero-order chi connectivity index (χ0) is 39.3. The Bertz CT molecular complexity index is 3230. The first-order valence-electron chi connectivity index (χ1n) is 20.8. The van der Waals surface area contributed by atoms with Crippen LogP contribution in [0.25, 0.3) is 54.6 Å². The van der Waals surface area contributed by atoms with E-state index in [1.807, 2.05) is 0 Å². The van der Waals surface area contributed by atoms with E-state index in [1.54, 1.807) is 0 Å². The Morgan fingerprint density at radius 3 is 1.25 bits per heavy atom. The van der Waals surface area contributed by atoms with Crippen molar-refractivity contribution in [2.45, 2.75) is 24.7 Å². The van der Waals surface area contributed by atoms with E-state index >= 15 is 0 Å². The van der Waals surface area contributed by atoms with Crippen molar-refractivity contribution in [2.24, 2.45) is 0 Å². The summed E-state index contributed by atoms with van der Waals surface area (Å²) in [6, 6.07) is 79.3. The third-order valence-corrected chi connectivity index (χ3v) is 13.5. The van der Waals surface area contributed by atoms with Gasteiger partial charge in [0.2, 0.25) is 0 Å². The molecule has 59 heavy (non-hydrogen) atoms. The van der Waals surface area contributed by atoms with Crippen LogP contribution in [0.1, 0.15) is 47.2 Å². The van der Waals surface area contributed by atoms with Crippen LogP contribution in [0.3, 0.4) is 0 Å². The van der Waals surface area contributed by atoms with Gasteiger partial charge in [0.25, 0.3) is 0 Å². The highest BCUT2D eigenvalue weighted by molar-refractivity contribution is 6.25. The van der Waals surface area contributed by atoms with Crippen LogP contribution < -0.4 is 4.90 Å². The molecule has 0 atom stereocenters. The van der Waals surface area contributed by atoms with Crippen LogP contribution in [0.5, 0.6) is 0 Å². The number of fused-ring (bicyclic) bond motifs is 12. The third kappa shape index (κ3) is 4.73. The van der Waals surface area contributed by atoms with Gasteiger partial charge >= 0.3 is 0 Å². The average Bonchev–Trinajstić information content (AvgIpc) is 3.72. The second-order valence-electron chi connectivity index (χ2n) is 16.8. The molecule has 278 valence electrons. The van der Waals surface area contributed by atoms with Gasteiger partial charge in [0.15, 0.2) is 0 Å². The Labute approximate surface area is 345 Å². The van der Waals surface area contributed by atoms with Gasteiger partial charge in [-0.25, -0.2) is 0 Å². The molecule has 0 aliphatic heterocycles. The lowest BCUT2D eigenvalue weighted by molar-refractivity contribution is 0.660. The first kappa shape index (κ1) is 33.9. The lowest BCUT2D eigenvalue weighted by Gasteiger charge is -2.34.